The first-order valence-corrected chi connectivity index (χ1v) is 6.79. The van der Waals surface area contributed by atoms with Crippen LogP contribution in [-0.4, -0.2) is 19.3 Å². The summed E-state index contributed by atoms with van der Waals surface area (Å²) in [5.41, 5.74) is 3.97. The zero-order chi connectivity index (χ0) is 14.4. The molecule has 0 atom stereocenters. The summed E-state index contributed by atoms with van der Waals surface area (Å²) in [6.07, 6.45) is 0. The fourth-order valence-corrected chi connectivity index (χ4v) is 2.63. The van der Waals surface area contributed by atoms with Crippen LogP contribution < -0.4 is 0 Å². The maximum atomic E-state index is 13.5. The molecule has 0 aliphatic rings. The molecule has 104 valence electrons. The fraction of sp³-hybridized carbons (Fsp3) is 0.286. The topological polar surface area (TPSA) is 35.6 Å². The van der Waals surface area contributed by atoms with Gasteiger partial charge < -0.3 is 0 Å². The molecule has 2 aromatic heterocycles. The molecular weight excluding hydrogens is 279 g/mol. The summed E-state index contributed by atoms with van der Waals surface area (Å²) in [7, 11) is 1.86. The summed E-state index contributed by atoms with van der Waals surface area (Å²) in [6.45, 7) is 3.65. The molecule has 0 saturated heterocycles. The van der Waals surface area contributed by atoms with E-state index in [0.29, 0.717) is 5.56 Å². The first kappa shape index (κ1) is 13.1. The Kier molecular flexibility index (Phi) is 3.01. The van der Waals surface area contributed by atoms with Crippen molar-refractivity contribution >= 4 is 22.8 Å². The summed E-state index contributed by atoms with van der Waals surface area (Å²) >= 11 is 6.00. The molecule has 1 aromatic carbocycles. The molecule has 0 radical (unpaired) electrons. The molecule has 0 amide bonds. The van der Waals surface area contributed by atoms with E-state index in [1.165, 1.54) is 6.07 Å². The van der Waals surface area contributed by atoms with Gasteiger partial charge in [0.1, 0.15) is 17.2 Å². The van der Waals surface area contributed by atoms with Crippen LogP contribution >= 0.6 is 11.6 Å². The van der Waals surface area contributed by atoms with Crippen molar-refractivity contribution in [1.29, 1.82) is 0 Å². The minimum absolute atomic E-state index is 0.223. The Morgan fingerprint density at radius 1 is 1.30 bits per heavy atom. The van der Waals surface area contributed by atoms with Crippen molar-refractivity contribution in [2.45, 2.75) is 19.7 Å². The Balaban J connectivity index is 2.36. The Bertz CT molecular complexity index is 803. The van der Waals surface area contributed by atoms with Crippen molar-refractivity contribution in [2.24, 2.45) is 7.05 Å². The van der Waals surface area contributed by atoms with Crippen LogP contribution in [0.1, 0.15) is 17.1 Å². The van der Waals surface area contributed by atoms with Crippen molar-refractivity contribution in [2.75, 3.05) is 0 Å². The summed E-state index contributed by atoms with van der Waals surface area (Å²) in [5, 5.41) is 4.37. The first-order valence-electron chi connectivity index (χ1n) is 6.26. The number of hydrogen-bond acceptors (Lipinski definition) is 2. The molecule has 0 unspecified atom stereocenters. The van der Waals surface area contributed by atoms with E-state index in [4.69, 9.17) is 11.6 Å². The molecule has 0 N–H and O–H groups in total. The summed E-state index contributed by atoms with van der Waals surface area (Å²) in [5.74, 6) is 0.785. The molecule has 4 nitrogen and oxygen atoms in total. The van der Waals surface area contributed by atoms with Gasteiger partial charge in [-0.05, 0) is 37.6 Å². The SMILES string of the molecule is Cc1cc(-n2c(CCl)nc3c(C)nn(C)c32)ccc1F. The van der Waals surface area contributed by atoms with E-state index in [2.05, 4.69) is 10.1 Å². The summed E-state index contributed by atoms with van der Waals surface area (Å²) in [6, 6.07) is 4.97. The highest BCUT2D eigenvalue weighted by molar-refractivity contribution is 6.17. The van der Waals surface area contributed by atoms with Crippen LogP contribution in [-0.2, 0) is 12.9 Å². The third-order valence-electron chi connectivity index (χ3n) is 3.39. The molecular formula is C14H14ClFN4. The lowest BCUT2D eigenvalue weighted by atomic mass is 10.2. The van der Waals surface area contributed by atoms with Crippen molar-refractivity contribution in [1.82, 2.24) is 19.3 Å². The maximum absolute atomic E-state index is 13.5. The largest absolute Gasteiger partial charge is 0.280 e. The third-order valence-corrected chi connectivity index (χ3v) is 3.63. The van der Waals surface area contributed by atoms with Gasteiger partial charge in [0.25, 0.3) is 0 Å². The Morgan fingerprint density at radius 3 is 2.70 bits per heavy atom. The Morgan fingerprint density at radius 2 is 2.05 bits per heavy atom. The lowest BCUT2D eigenvalue weighted by Crippen LogP contribution is -2.04. The van der Waals surface area contributed by atoms with Crippen LogP contribution in [0, 0.1) is 19.7 Å². The van der Waals surface area contributed by atoms with Crippen LogP contribution in [0.25, 0.3) is 16.9 Å². The van der Waals surface area contributed by atoms with E-state index in [-0.39, 0.29) is 11.7 Å². The lowest BCUT2D eigenvalue weighted by molar-refractivity contribution is 0.618. The summed E-state index contributed by atoms with van der Waals surface area (Å²) < 4.78 is 17.1. The zero-order valence-corrected chi connectivity index (χ0v) is 12.2. The molecule has 0 saturated carbocycles. The van der Waals surface area contributed by atoms with E-state index < -0.39 is 0 Å². The maximum Gasteiger partial charge on any atom is 0.163 e. The molecule has 20 heavy (non-hydrogen) atoms. The van der Waals surface area contributed by atoms with Crippen molar-refractivity contribution in [3.63, 3.8) is 0 Å². The molecule has 6 heteroatoms. The Labute approximate surface area is 120 Å². The molecule has 0 spiro atoms. The number of aryl methyl sites for hydroxylation is 3. The number of hydrogen-bond donors (Lipinski definition) is 0. The number of benzene rings is 1. The fourth-order valence-electron chi connectivity index (χ4n) is 2.45. The average molecular weight is 293 g/mol. The second kappa shape index (κ2) is 4.59. The quantitative estimate of drug-likeness (QED) is 0.680. The number of nitrogens with zero attached hydrogens (tertiary/aromatic N) is 4. The predicted molar refractivity (Wildman–Crippen MR) is 76.8 cm³/mol. The van der Waals surface area contributed by atoms with Crippen LogP contribution in [0.3, 0.4) is 0 Å². The Hall–Kier alpha value is -1.88. The molecule has 0 fully saturated rings. The monoisotopic (exact) mass is 292 g/mol. The second-order valence-corrected chi connectivity index (χ2v) is 5.08. The van der Waals surface area contributed by atoms with Crippen LogP contribution in [0.15, 0.2) is 18.2 Å². The number of halogens is 2. The molecule has 3 aromatic rings. The zero-order valence-electron chi connectivity index (χ0n) is 11.5. The van der Waals surface area contributed by atoms with Gasteiger partial charge in [-0.3, -0.25) is 4.57 Å². The molecule has 0 aliphatic heterocycles. The van der Waals surface area contributed by atoms with E-state index in [9.17, 15) is 4.39 Å². The van der Waals surface area contributed by atoms with Gasteiger partial charge in [-0.15, -0.1) is 11.6 Å². The standard InChI is InChI=1S/C14H14ClFN4/c1-8-6-10(4-5-11(8)16)20-12(7-15)17-13-9(2)18-19(3)14(13)20/h4-6H,7H2,1-3H3. The highest BCUT2D eigenvalue weighted by atomic mass is 35.5. The van der Waals surface area contributed by atoms with Crippen molar-refractivity contribution in [3.05, 3.63) is 41.1 Å². The van der Waals surface area contributed by atoms with E-state index in [1.54, 1.807) is 23.7 Å². The number of imidazole rings is 1. The van der Waals surface area contributed by atoms with Gasteiger partial charge >= 0.3 is 0 Å². The highest BCUT2D eigenvalue weighted by Crippen LogP contribution is 2.25. The normalized spacial score (nSPS) is 11.4. The third kappa shape index (κ3) is 1.81. The first-order chi connectivity index (χ1) is 9.52. The smallest absolute Gasteiger partial charge is 0.163 e. The lowest BCUT2D eigenvalue weighted by Gasteiger charge is -2.09. The second-order valence-electron chi connectivity index (χ2n) is 4.81. The molecule has 0 aliphatic carbocycles. The minimum Gasteiger partial charge on any atom is -0.280 e. The van der Waals surface area contributed by atoms with E-state index in [0.717, 1.165) is 28.4 Å². The predicted octanol–water partition coefficient (Wildman–Crippen LogP) is 3.25. The van der Waals surface area contributed by atoms with E-state index in [1.807, 2.05) is 18.5 Å². The van der Waals surface area contributed by atoms with Crippen molar-refractivity contribution < 1.29 is 4.39 Å². The minimum atomic E-state index is -0.223. The van der Waals surface area contributed by atoms with Gasteiger partial charge in [0.15, 0.2) is 5.65 Å². The number of rotatable bonds is 2. The number of fused-ring (bicyclic) bond motifs is 1. The van der Waals surface area contributed by atoms with Gasteiger partial charge in [0, 0.05) is 12.7 Å². The van der Waals surface area contributed by atoms with E-state index >= 15 is 0 Å². The number of alkyl halides is 1. The van der Waals surface area contributed by atoms with Gasteiger partial charge in [0.05, 0.1) is 11.6 Å². The molecule has 2 heterocycles. The van der Waals surface area contributed by atoms with Crippen LogP contribution in [0.4, 0.5) is 4.39 Å². The van der Waals surface area contributed by atoms with Gasteiger partial charge in [-0.1, -0.05) is 0 Å². The molecule has 0 bridgehead atoms. The van der Waals surface area contributed by atoms with Gasteiger partial charge in [0.2, 0.25) is 0 Å². The summed E-state index contributed by atoms with van der Waals surface area (Å²) in [4.78, 5) is 4.53. The van der Waals surface area contributed by atoms with Gasteiger partial charge in [-0.2, -0.15) is 5.10 Å². The number of aromatic nitrogens is 4. The van der Waals surface area contributed by atoms with Crippen LogP contribution in [0.2, 0.25) is 0 Å². The molecule has 3 rings (SSSR count). The average Bonchev–Trinajstić information content (AvgIpc) is 2.92. The van der Waals surface area contributed by atoms with Gasteiger partial charge in [-0.25, -0.2) is 14.1 Å². The van der Waals surface area contributed by atoms with Crippen LogP contribution in [0.5, 0.6) is 0 Å². The van der Waals surface area contributed by atoms with Crippen molar-refractivity contribution in [3.8, 4) is 5.69 Å². The highest BCUT2D eigenvalue weighted by Gasteiger charge is 2.18.